The highest BCUT2D eigenvalue weighted by Crippen LogP contribution is 2.20. The lowest BCUT2D eigenvalue weighted by molar-refractivity contribution is 0.102. The minimum absolute atomic E-state index is 0.107. The minimum atomic E-state index is -0.850. The molecule has 0 aliphatic rings. The predicted octanol–water partition coefficient (Wildman–Crippen LogP) is 4.75. The number of halogens is 2. The first-order chi connectivity index (χ1) is 13.0. The number of amides is 1. The summed E-state index contributed by atoms with van der Waals surface area (Å²) in [5, 5.41) is 5.52. The first kappa shape index (κ1) is 18.3. The van der Waals surface area contributed by atoms with E-state index in [-0.39, 0.29) is 11.4 Å². The van der Waals surface area contributed by atoms with Crippen molar-refractivity contribution in [2.75, 3.05) is 17.2 Å². The normalized spacial score (nSPS) is 10.3. The van der Waals surface area contributed by atoms with E-state index >= 15 is 0 Å². The third-order valence-electron chi connectivity index (χ3n) is 3.63. The Balaban J connectivity index is 1.64. The fourth-order valence-corrected chi connectivity index (χ4v) is 2.35. The Hall–Kier alpha value is -3.48. The van der Waals surface area contributed by atoms with Gasteiger partial charge in [0.15, 0.2) is 0 Å². The third kappa shape index (κ3) is 4.78. The van der Waals surface area contributed by atoms with E-state index in [0.29, 0.717) is 18.4 Å². The summed E-state index contributed by atoms with van der Waals surface area (Å²) in [4.78, 5) is 16.2. The zero-order chi connectivity index (χ0) is 19.2. The Morgan fingerprint density at radius 3 is 2.41 bits per heavy atom. The molecule has 0 atom stereocenters. The van der Waals surface area contributed by atoms with Crippen molar-refractivity contribution in [3.8, 4) is 5.75 Å². The van der Waals surface area contributed by atoms with Crippen molar-refractivity contribution in [3.05, 3.63) is 78.1 Å². The molecule has 3 rings (SSSR count). The van der Waals surface area contributed by atoms with Crippen LogP contribution in [0.25, 0.3) is 0 Å². The maximum absolute atomic E-state index is 13.6. The highest BCUT2D eigenvalue weighted by molar-refractivity contribution is 6.03. The Bertz CT molecular complexity index is 929. The number of pyridine rings is 1. The Labute approximate surface area is 155 Å². The maximum atomic E-state index is 13.6. The van der Waals surface area contributed by atoms with E-state index in [1.807, 2.05) is 31.2 Å². The molecule has 0 spiro atoms. The van der Waals surface area contributed by atoms with Gasteiger partial charge in [-0.15, -0.1) is 0 Å². The maximum Gasteiger partial charge on any atom is 0.274 e. The van der Waals surface area contributed by atoms with Crippen LogP contribution in [0.1, 0.15) is 17.4 Å². The number of ether oxygens (including phenoxy) is 1. The van der Waals surface area contributed by atoms with Crippen LogP contribution in [-0.2, 0) is 0 Å². The second-order valence-electron chi connectivity index (χ2n) is 5.59. The minimum Gasteiger partial charge on any atom is -0.494 e. The van der Waals surface area contributed by atoms with Gasteiger partial charge in [-0.2, -0.15) is 0 Å². The van der Waals surface area contributed by atoms with Gasteiger partial charge in [0.05, 0.1) is 24.2 Å². The van der Waals surface area contributed by atoms with Gasteiger partial charge in [0.25, 0.3) is 5.91 Å². The monoisotopic (exact) mass is 369 g/mol. The molecular formula is C20H17F2N3O2. The molecule has 7 heteroatoms. The zero-order valence-electron chi connectivity index (χ0n) is 14.5. The number of nitrogens with zero attached hydrogens (tertiary/aromatic N) is 1. The molecule has 27 heavy (non-hydrogen) atoms. The summed E-state index contributed by atoms with van der Waals surface area (Å²) >= 11 is 0. The first-order valence-corrected chi connectivity index (χ1v) is 8.27. The number of rotatable bonds is 6. The van der Waals surface area contributed by atoms with Gasteiger partial charge in [0.2, 0.25) is 0 Å². The van der Waals surface area contributed by atoms with Crippen LogP contribution in [0.5, 0.6) is 5.75 Å². The van der Waals surface area contributed by atoms with Gasteiger partial charge in [-0.05, 0) is 55.5 Å². The molecule has 1 aromatic heterocycles. The lowest BCUT2D eigenvalue weighted by Crippen LogP contribution is -2.14. The summed E-state index contributed by atoms with van der Waals surface area (Å²) in [5.74, 6) is -1.38. The van der Waals surface area contributed by atoms with Crippen molar-refractivity contribution in [3.63, 3.8) is 0 Å². The lowest BCUT2D eigenvalue weighted by atomic mass is 10.2. The molecule has 0 bridgehead atoms. The quantitative estimate of drug-likeness (QED) is 0.658. The molecule has 0 radical (unpaired) electrons. The number of benzene rings is 2. The fraction of sp³-hybridized carbons (Fsp3) is 0.100. The highest BCUT2D eigenvalue weighted by Gasteiger charge is 2.11. The van der Waals surface area contributed by atoms with E-state index in [2.05, 4.69) is 15.6 Å². The number of aromatic nitrogens is 1. The fourth-order valence-electron chi connectivity index (χ4n) is 2.35. The topological polar surface area (TPSA) is 63.2 Å². The highest BCUT2D eigenvalue weighted by atomic mass is 19.1. The summed E-state index contributed by atoms with van der Waals surface area (Å²) in [7, 11) is 0. The van der Waals surface area contributed by atoms with Crippen LogP contribution in [0.2, 0.25) is 0 Å². The Morgan fingerprint density at radius 2 is 1.78 bits per heavy atom. The van der Waals surface area contributed by atoms with Crippen LogP contribution in [0.3, 0.4) is 0 Å². The van der Waals surface area contributed by atoms with E-state index in [9.17, 15) is 13.6 Å². The molecule has 138 valence electrons. The Morgan fingerprint density at radius 1 is 1.04 bits per heavy atom. The van der Waals surface area contributed by atoms with Crippen molar-refractivity contribution < 1.29 is 18.3 Å². The number of anilines is 3. The molecule has 0 unspecified atom stereocenters. The molecule has 5 nitrogen and oxygen atoms in total. The van der Waals surface area contributed by atoms with Crippen LogP contribution in [-0.4, -0.2) is 17.5 Å². The van der Waals surface area contributed by atoms with Gasteiger partial charge in [-0.3, -0.25) is 4.79 Å². The molecule has 0 fully saturated rings. The number of carbonyl (C=O) groups excluding carboxylic acids is 1. The second kappa shape index (κ2) is 8.27. The predicted molar refractivity (Wildman–Crippen MR) is 99.4 cm³/mol. The van der Waals surface area contributed by atoms with Crippen molar-refractivity contribution in [2.45, 2.75) is 6.92 Å². The molecule has 1 amide bonds. The molecule has 3 aromatic rings. The molecule has 0 aliphatic heterocycles. The number of nitrogens with one attached hydrogen (secondary N) is 2. The number of carbonyl (C=O) groups is 1. The van der Waals surface area contributed by atoms with Crippen molar-refractivity contribution in [2.24, 2.45) is 0 Å². The molecule has 1 heterocycles. The molecule has 2 N–H and O–H groups in total. The van der Waals surface area contributed by atoms with Crippen LogP contribution in [0.15, 0.2) is 60.8 Å². The molecular weight excluding hydrogens is 352 g/mol. The van der Waals surface area contributed by atoms with Crippen LogP contribution in [0, 0.1) is 11.6 Å². The molecule has 2 aromatic carbocycles. The summed E-state index contributed by atoms with van der Waals surface area (Å²) < 4.78 is 31.9. The van der Waals surface area contributed by atoms with Gasteiger partial charge in [-0.1, -0.05) is 0 Å². The standard InChI is InChI=1S/C20H17F2N3O2/c1-2-27-16-7-4-14(5-8-16)24-15-6-10-19(23-12-15)20(26)25-18-9-3-13(21)11-17(18)22/h3-12,24H,2H2,1H3,(H,25,26). The van der Waals surface area contributed by atoms with Crippen molar-refractivity contribution in [1.82, 2.24) is 4.98 Å². The summed E-state index contributed by atoms with van der Waals surface area (Å²) in [5.41, 5.74) is 1.52. The average Bonchev–Trinajstić information content (AvgIpc) is 2.66. The summed E-state index contributed by atoms with van der Waals surface area (Å²) in [6, 6.07) is 13.5. The van der Waals surface area contributed by atoms with E-state index in [4.69, 9.17) is 4.74 Å². The van der Waals surface area contributed by atoms with Crippen LogP contribution >= 0.6 is 0 Å². The van der Waals surface area contributed by atoms with Crippen molar-refractivity contribution in [1.29, 1.82) is 0 Å². The summed E-state index contributed by atoms with van der Waals surface area (Å²) in [6.45, 7) is 2.52. The largest absolute Gasteiger partial charge is 0.494 e. The van der Waals surface area contributed by atoms with Crippen LogP contribution in [0.4, 0.5) is 25.8 Å². The van der Waals surface area contributed by atoms with Gasteiger partial charge < -0.3 is 15.4 Å². The van der Waals surface area contributed by atoms with E-state index in [1.54, 1.807) is 6.07 Å². The van der Waals surface area contributed by atoms with Gasteiger partial charge in [0.1, 0.15) is 23.1 Å². The van der Waals surface area contributed by atoms with E-state index in [0.717, 1.165) is 23.6 Å². The molecule has 0 saturated heterocycles. The van der Waals surface area contributed by atoms with E-state index in [1.165, 1.54) is 12.3 Å². The van der Waals surface area contributed by atoms with E-state index < -0.39 is 17.5 Å². The summed E-state index contributed by atoms with van der Waals surface area (Å²) in [6.07, 6.45) is 1.49. The number of hydrogen-bond acceptors (Lipinski definition) is 4. The SMILES string of the molecule is CCOc1ccc(Nc2ccc(C(=O)Nc3ccc(F)cc3F)nc2)cc1. The van der Waals surface area contributed by atoms with Gasteiger partial charge >= 0.3 is 0 Å². The van der Waals surface area contributed by atoms with Crippen LogP contribution < -0.4 is 15.4 Å². The first-order valence-electron chi connectivity index (χ1n) is 8.27. The van der Waals surface area contributed by atoms with Gasteiger partial charge in [-0.25, -0.2) is 13.8 Å². The van der Waals surface area contributed by atoms with Crippen molar-refractivity contribution >= 4 is 23.0 Å². The molecule has 0 aliphatic carbocycles. The third-order valence-corrected chi connectivity index (χ3v) is 3.63. The lowest BCUT2D eigenvalue weighted by Gasteiger charge is -2.09. The average molecular weight is 369 g/mol. The Kier molecular flexibility index (Phi) is 5.61. The number of hydrogen-bond donors (Lipinski definition) is 2. The molecule has 0 saturated carbocycles. The second-order valence-corrected chi connectivity index (χ2v) is 5.59. The van der Waals surface area contributed by atoms with Gasteiger partial charge in [0, 0.05) is 11.8 Å². The zero-order valence-corrected chi connectivity index (χ0v) is 14.5. The smallest absolute Gasteiger partial charge is 0.274 e.